The highest BCUT2D eigenvalue weighted by atomic mass is 16.5. The van der Waals surface area contributed by atoms with Gasteiger partial charge in [0.25, 0.3) is 5.91 Å². The van der Waals surface area contributed by atoms with Gasteiger partial charge in [-0.15, -0.1) is 0 Å². The van der Waals surface area contributed by atoms with Crippen LogP contribution in [0.25, 0.3) is 0 Å². The number of anilines is 1. The molecule has 0 bridgehead atoms. The summed E-state index contributed by atoms with van der Waals surface area (Å²) < 4.78 is 9.59. The summed E-state index contributed by atoms with van der Waals surface area (Å²) in [5.74, 6) is 0.579. The van der Waals surface area contributed by atoms with Crippen LogP contribution in [0.5, 0.6) is 0 Å². The molecule has 2 aromatic rings. The Morgan fingerprint density at radius 2 is 2.31 bits per heavy atom. The highest BCUT2D eigenvalue weighted by Gasteiger charge is 2.19. The molecule has 0 saturated carbocycles. The molecule has 0 spiro atoms. The fraction of sp³-hybridized carbons (Fsp3) is 0.300. The smallest absolute Gasteiger partial charge is 0.262 e. The summed E-state index contributed by atoms with van der Waals surface area (Å²) in [4.78, 5) is 11.9. The molecule has 0 saturated heterocycles. The third-order valence-electron chi connectivity index (χ3n) is 2.17. The van der Waals surface area contributed by atoms with Gasteiger partial charge in [-0.25, -0.2) is 0 Å². The Kier molecular flexibility index (Phi) is 2.72. The summed E-state index contributed by atoms with van der Waals surface area (Å²) in [6.07, 6.45) is 2.02. The van der Waals surface area contributed by atoms with E-state index in [1.54, 1.807) is 13.0 Å². The summed E-state index contributed by atoms with van der Waals surface area (Å²) in [6, 6.07) is 1.56. The van der Waals surface area contributed by atoms with Gasteiger partial charge in [0.05, 0.1) is 5.69 Å². The number of rotatable bonds is 3. The highest BCUT2D eigenvalue weighted by Crippen LogP contribution is 2.15. The van der Waals surface area contributed by atoms with Gasteiger partial charge in [-0.2, -0.15) is 0 Å². The van der Waals surface area contributed by atoms with Crippen molar-refractivity contribution in [2.75, 3.05) is 5.32 Å². The first kappa shape index (κ1) is 10.4. The van der Waals surface area contributed by atoms with Crippen molar-refractivity contribution in [3.8, 4) is 0 Å². The molecule has 0 unspecified atom stereocenters. The SMILES string of the molecule is CCc1noc(C)c1C(=O)Nc1ccon1. The number of nitrogens with one attached hydrogen (secondary N) is 1. The minimum Gasteiger partial charge on any atom is -0.363 e. The largest absolute Gasteiger partial charge is 0.363 e. The van der Waals surface area contributed by atoms with Crippen molar-refractivity contribution in [2.24, 2.45) is 0 Å². The van der Waals surface area contributed by atoms with Crippen LogP contribution in [-0.2, 0) is 6.42 Å². The first-order chi connectivity index (χ1) is 7.72. The van der Waals surface area contributed by atoms with E-state index in [1.807, 2.05) is 6.92 Å². The number of carbonyl (C=O) groups is 1. The Morgan fingerprint density at radius 3 is 2.94 bits per heavy atom. The second kappa shape index (κ2) is 4.18. The molecule has 2 aromatic heterocycles. The van der Waals surface area contributed by atoms with Gasteiger partial charge in [0.1, 0.15) is 17.6 Å². The molecule has 1 N–H and O–H groups in total. The van der Waals surface area contributed by atoms with Crippen molar-refractivity contribution >= 4 is 11.7 Å². The fourth-order valence-corrected chi connectivity index (χ4v) is 1.41. The molecule has 84 valence electrons. The van der Waals surface area contributed by atoms with Gasteiger partial charge >= 0.3 is 0 Å². The summed E-state index contributed by atoms with van der Waals surface area (Å²) >= 11 is 0. The average Bonchev–Trinajstić information content (AvgIpc) is 2.87. The molecule has 2 rings (SSSR count). The molecule has 0 aliphatic rings. The van der Waals surface area contributed by atoms with Crippen LogP contribution in [0, 0.1) is 6.92 Å². The van der Waals surface area contributed by atoms with Gasteiger partial charge in [-0.05, 0) is 13.3 Å². The quantitative estimate of drug-likeness (QED) is 0.854. The zero-order valence-corrected chi connectivity index (χ0v) is 8.98. The minimum absolute atomic E-state index is 0.287. The van der Waals surface area contributed by atoms with Crippen LogP contribution in [0.4, 0.5) is 5.82 Å². The van der Waals surface area contributed by atoms with Gasteiger partial charge in [0.2, 0.25) is 0 Å². The van der Waals surface area contributed by atoms with Crippen LogP contribution >= 0.6 is 0 Å². The monoisotopic (exact) mass is 221 g/mol. The van der Waals surface area contributed by atoms with E-state index in [9.17, 15) is 4.79 Å². The van der Waals surface area contributed by atoms with Crippen LogP contribution in [0.3, 0.4) is 0 Å². The maximum atomic E-state index is 11.9. The molecule has 16 heavy (non-hydrogen) atoms. The number of aromatic nitrogens is 2. The van der Waals surface area contributed by atoms with Crippen LogP contribution in [0.1, 0.15) is 28.7 Å². The molecule has 0 radical (unpaired) electrons. The molecular formula is C10H11N3O3. The molecule has 0 aromatic carbocycles. The Balaban J connectivity index is 2.23. The predicted molar refractivity (Wildman–Crippen MR) is 55.1 cm³/mol. The van der Waals surface area contributed by atoms with Crippen LogP contribution in [-0.4, -0.2) is 16.2 Å². The second-order valence-corrected chi connectivity index (χ2v) is 3.25. The highest BCUT2D eigenvalue weighted by molar-refractivity contribution is 6.05. The van der Waals surface area contributed by atoms with Crippen molar-refractivity contribution in [3.05, 3.63) is 29.3 Å². The summed E-state index contributed by atoms with van der Waals surface area (Å²) in [5.41, 5.74) is 1.10. The molecule has 0 aliphatic heterocycles. The maximum Gasteiger partial charge on any atom is 0.262 e. The molecular weight excluding hydrogens is 210 g/mol. The van der Waals surface area contributed by atoms with Crippen molar-refractivity contribution in [1.29, 1.82) is 0 Å². The number of aryl methyl sites for hydroxylation is 2. The molecule has 6 nitrogen and oxygen atoms in total. The Hall–Kier alpha value is -2.11. The molecule has 2 heterocycles. The van der Waals surface area contributed by atoms with E-state index in [4.69, 9.17) is 4.52 Å². The first-order valence-electron chi connectivity index (χ1n) is 4.89. The number of hydrogen-bond donors (Lipinski definition) is 1. The predicted octanol–water partition coefficient (Wildman–Crippen LogP) is 1.79. The Labute approximate surface area is 91.6 Å². The lowest BCUT2D eigenvalue weighted by atomic mass is 10.1. The average molecular weight is 221 g/mol. The summed E-state index contributed by atoms with van der Waals surface area (Å²) in [5, 5.41) is 9.99. The lowest BCUT2D eigenvalue weighted by molar-refractivity contribution is 0.102. The normalized spacial score (nSPS) is 10.4. The van der Waals surface area contributed by atoms with Crippen molar-refractivity contribution in [2.45, 2.75) is 20.3 Å². The van der Waals surface area contributed by atoms with E-state index in [-0.39, 0.29) is 5.91 Å². The third kappa shape index (κ3) is 1.81. The van der Waals surface area contributed by atoms with Crippen molar-refractivity contribution < 1.29 is 13.8 Å². The van der Waals surface area contributed by atoms with Crippen LogP contribution < -0.4 is 5.32 Å². The van der Waals surface area contributed by atoms with E-state index in [2.05, 4.69) is 20.2 Å². The minimum atomic E-state index is -0.287. The van der Waals surface area contributed by atoms with Gasteiger partial charge in [-0.3, -0.25) is 4.79 Å². The van der Waals surface area contributed by atoms with Crippen LogP contribution in [0.15, 0.2) is 21.4 Å². The zero-order chi connectivity index (χ0) is 11.5. The summed E-state index contributed by atoms with van der Waals surface area (Å²) in [7, 11) is 0. The molecule has 0 fully saturated rings. The number of hydrogen-bond acceptors (Lipinski definition) is 5. The topological polar surface area (TPSA) is 81.2 Å². The van der Waals surface area contributed by atoms with Gasteiger partial charge in [0, 0.05) is 6.07 Å². The van der Waals surface area contributed by atoms with Crippen molar-refractivity contribution in [3.63, 3.8) is 0 Å². The van der Waals surface area contributed by atoms with E-state index in [0.717, 1.165) is 0 Å². The van der Waals surface area contributed by atoms with Gasteiger partial charge in [0.15, 0.2) is 5.82 Å². The zero-order valence-electron chi connectivity index (χ0n) is 8.98. The van der Waals surface area contributed by atoms with E-state index >= 15 is 0 Å². The molecule has 0 aliphatic carbocycles. The van der Waals surface area contributed by atoms with Crippen molar-refractivity contribution in [1.82, 2.24) is 10.3 Å². The third-order valence-corrected chi connectivity index (χ3v) is 2.17. The lowest BCUT2D eigenvalue weighted by Crippen LogP contribution is -2.14. The number of nitrogens with zero attached hydrogens (tertiary/aromatic N) is 2. The molecule has 0 atom stereocenters. The fourth-order valence-electron chi connectivity index (χ4n) is 1.41. The number of carbonyl (C=O) groups excluding carboxylic acids is 1. The van der Waals surface area contributed by atoms with E-state index in [0.29, 0.717) is 29.3 Å². The standard InChI is InChI=1S/C10H11N3O3/c1-3-7-9(6(2)16-12-7)10(14)11-8-4-5-15-13-8/h4-5H,3H2,1-2H3,(H,11,13,14). The Morgan fingerprint density at radius 1 is 1.50 bits per heavy atom. The van der Waals surface area contributed by atoms with Gasteiger partial charge in [-0.1, -0.05) is 17.2 Å². The number of amides is 1. The molecule has 1 amide bonds. The van der Waals surface area contributed by atoms with Crippen LogP contribution in [0.2, 0.25) is 0 Å². The van der Waals surface area contributed by atoms with Gasteiger partial charge < -0.3 is 14.4 Å². The molecule has 6 heteroatoms. The first-order valence-corrected chi connectivity index (χ1v) is 4.89. The Bertz CT molecular complexity index is 487. The second-order valence-electron chi connectivity index (χ2n) is 3.25. The summed E-state index contributed by atoms with van der Waals surface area (Å²) in [6.45, 7) is 3.61. The van der Waals surface area contributed by atoms with E-state index in [1.165, 1.54) is 6.26 Å². The van der Waals surface area contributed by atoms with E-state index < -0.39 is 0 Å². The lowest BCUT2D eigenvalue weighted by Gasteiger charge is -2.00. The maximum absolute atomic E-state index is 11.9.